The number of unbranched alkanes of at least 4 members (excludes halogenated alkanes) is 1. The van der Waals surface area contributed by atoms with Crippen molar-refractivity contribution in [2.75, 3.05) is 17.6 Å². The third-order valence-electron chi connectivity index (χ3n) is 3.79. The summed E-state index contributed by atoms with van der Waals surface area (Å²) in [7, 11) is 0. The molecule has 3 N–H and O–H groups in total. The van der Waals surface area contributed by atoms with E-state index in [0.29, 0.717) is 17.3 Å². The second-order valence-corrected chi connectivity index (χ2v) is 5.56. The molecule has 0 saturated carbocycles. The number of imidazole rings is 1. The molecular formula is C17H22N6. The topological polar surface area (TPSA) is 81.6 Å². The Bertz CT molecular complexity index is 765. The molecule has 3 aromatic rings. The van der Waals surface area contributed by atoms with Crippen molar-refractivity contribution in [1.29, 1.82) is 0 Å². The summed E-state index contributed by atoms with van der Waals surface area (Å²) < 4.78 is 2.03. The second-order valence-electron chi connectivity index (χ2n) is 5.56. The van der Waals surface area contributed by atoms with E-state index in [-0.39, 0.29) is 0 Å². The van der Waals surface area contributed by atoms with Crippen LogP contribution < -0.4 is 11.1 Å². The average Bonchev–Trinajstić information content (AvgIpc) is 2.98. The van der Waals surface area contributed by atoms with Gasteiger partial charge in [0.15, 0.2) is 11.5 Å². The smallest absolute Gasteiger partial charge is 0.226 e. The number of nitrogens with zero attached hydrogens (tertiary/aromatic N) is 4. The largest absolute Gasteiger partial charge is 0.382 e. The number of rotatable bonds is 7. The Balaban J connectivity index is 1.80. The molecule has 0 radical (unpaired) electrons. The van der Waals surface area contributed by atoms with Gasteiger partial charge in [-0.2, -0.15) is 9.97 Å². The molecule has 0 amide bonds. The lowest BCUT2D eigenvalue weighted by molar-refractivity contribution is 0.709. The van der Waals surface area contributed by atoms with E-state index in [1.807, 2.05) is 10.6 Å². The Hall–Kier alpha value is -2.63. The molecular weight excluding hydrogens is 288 g/mol. The van der Waals surface area contributed by atoms with Gasteiger partial charge in [-0.1, -0.05) is 43.7 Å². The number of benzene rings is 1. The standard InChI is InChI=1S/C17H22N6/c1-2-3-10-19-17-21-15(18)14-16(22-17)23(12-20-14)11-9-13-7-5-4-6-8-13/h4-8,12H,2-3,9-11H2,1H3,(H3,18,19,21,22). The van der Waals surface area contributed by atoms with Crippen LogP contribution in [0.4, 0.5) is 11.8 Å². The van der Waals surface area contributed by atoms with Gasteiger partial charge in [0.1, 0.15) is 5.52 Å². The first-order valence-electron chi connectivity index (χ1n) is 8.04. The lowest BCUT2D eigenvalue weighted by Gasteiger charge is -2.07. The highest BCUT2D eigenvalue weighted by molar-refractivity contribution is 5.82. The molecule has 120 valence electrons. The molecule has 0 fully saturated rings. The van der Waals surface area contributed by atoms with E-state index in [1.54, 1.807) is 6.33 Å². The van der Waals surface area contributed by atoms with Crippen molar-refractivity contribution in [3.63, 3.8) is 0 Å². The van der Waals surface area contributed by atoms with Crippen molar-refractivity contribution in [3.8, 4) is 0 Å². The minimum absolute atomic E-state index is 0.424. The Kier molecular flexibility index (Phi) is 4.71. The van der Waals surface area contributed by atoms with Gasteiger partial charge in [0.25, 0.3) is 0 Å². The molecule has 2 aromatic heterocycles. The average molecular weight is 310 g/mol. The lowest BCUT2D eigenvalue weighted by Crippen LogP contribution is -2.08. The Morgan fingerprint density at radius 1 is 1.17 bits per heavy atom. The van der Waals surface area contributed by atoms with Gasteiger partial charge >= 0.3 is 0 Å². The van der Waals surface area contributed by atoms with E-state index < -0.39 is 0 Å². The van der Waals surface area contributed by atoms with Crippen molar-refractivity contribution in [2.24, 2.45) is 0 Å². The number of nitrogen functional groups attached to an aromatic ring is 1. The van der Waals surface area contributed by atoms with Crippen molar-refractivity contribution < 1.29 is 0 Å². The molecule has 0 spiro atoms. The summed E-state index contributed by atoms with van der Waals surface area (Å²) in [6.07, 6.45) is 4.91. The highest BCUT2D eigenvalue weighted by atomic mass is 15.2. The third kappa shape index (κ3) is 3.59. The molecule has 0 unspecified atom stereocenters. The fourth-order valence-electron chi connectivity index (χ4n) is 2.48. The molecule has 23 heavy (non-hydrogen) atoms. The Morgan fingerprint density at radius 3 is 2.78 bits per heavy atom. The third-order valence-corrected chi connectivity index (χ3v) is 3.79. The number of anilines is 2. The zero-order chi connectivity index (χ0) is 16.1. The van der Waals surface area contributed by atoms with Crippen LogP contribution in [0.25, 0.3) is 11.2 Å². The summed E-state index contributed by atoms with van der Waals surface area (Å²) in [4.78, 5) is 13.2. The number of nitrogens with two attached hydrogens (primary N) is 1. The number of fused-ring (bicyclic) bond motifs is 1. The lowest BCUT2D eigenvalue weighted by atomic mass is 10.1. The van der Waals surface area contributed by atoms with E-state index in [0.717, 1.165) is 38.0 Å². The fourth-order valence-corrected chi connectivity index (χ4v) is 2.48. The van der Waals surface area contributed by atoms with Crippen LogP contribution in [-0.4, -0.2) is 26.1 Å². The minimum Gasteiger partial charge on any atom is -0.382 e. The summed E-state index contributed by atoms with van der Waals surface area (Å²) in [6.45, 7) is 3.81. The molecule has 3 rings (SSSR count). The molecule has 0 aliphatic carbocycles. The predicted octanol–water partition coefficient (Wildman–Crippen LogP) is 2.86. The van der Waals surface area contributed by atoms with E-state index in [2.05, 4.69) is 51.5 Å². The zero-order valence-electron chi connectivity index (χ0n) is 13.4. The zero-order valence-corrected chi connectivity index (χ0v) is 13.4. The fraction of sp³-hybridized carbons (Fsp3) is 0.353. The van der Waals surface area contributed by atoms with E-state index in [4.69, 9.17) is 5.73 Å². The van der Waals surface area contributed by atoms with Crippen molar-refractivity contribution in [2.45, 2.75) is 32.7 Å². The summed E-state index contributed by atoms with van der Waals surface area (Å²) in [5.74, 6) is 0.998. The highest BCUT2D eigenvalue weighted by Gasteiger charge is 2.11. The molecule has 0 bridgehead atoms. The van der Waals surface area contributed by atoms with Crippen molar-refractivity contribution >= 4 is 22.9 Å². The highest BCUT2D eigenvalue weighted by Crippen LogP contribution is 2.18. The van der Waals surface area contributed by atoms with E-state index >= 15 is 0 Å². The number of aryl methyl sites for hydroxylation is 2. The van der Waals surface area contributed by atoms with E-state index in [9.17, 15) is 0 Å². The van der Waals surface area contributed by atoms with Crippen LogP contribution in [0.2, 0.25) is 0 Å². The van der Waals surface area contributed by atoms with Crippen molar-refractivity contribution in [1.82, 2.24) is 19.5 Å². The predicted molar refractivity (Wildman–Crippen MR) is 93.3 cm³/mol. The molecule has 6 heteroatoms. The van der Waals surface area contributed by atoms with Crippen molar-refractivity contribution in [3.05, 3.63) is 42.2 Å². The molecule has 0 atom stereocenters. The SMILES string of the molecule is CCCCNc1nc(N)c2ncn(CCc3ccccc3)c2n1. The van der Waals surface area contributed by atoms with Crippen LogP contribution in [0.3, 0.4) is 0 Å². The van der Waals surface area contributed by atoms with Gasteiger partial charge in [-0.3, -0.25) is 0 Å². The molecule has 2 heterocycles. The van der Waals surface area contributed by atoms with Gasteiger partial charge in [0.2, 0.25) is 5.95 Å². The van der Waals surface area contributed by atoms with Crippen LogP contribution in [0.15, 0.2) is 36.7 Å². The van der Waals surface area contributed by atoms with Gasteiger partial charge in [0.05, 0.1) is 6.33 Å². The maximum atomic E-state index is 6.01. The summed E-state index contributed by atoms with van der Waals surface area (Å²) in [5, 5.41) is 3.23. The van der Waals surface area contributed by atoms with Gasteiger partial charge in [-0.15, -0.1) is 0 Å². The summed E-state index contributed by atoms with van der Waals surface area (Å²) in [5.41, 5.74) is 8.75. The number of hydrogen-bond donors (Lipinski definition) is 2. The van der Waals surface area contributed by atoms with Crippen LogP contribution in [0.1, 0.15) is 25.3 Å². The molecule has 1 aromatic carbocycles. The van der Waals surface area contributed by atoms with Gasteiger partial charge in [0, 0.05) is 13.1 Å². The first-order chi connectivity index (χ1) is 11.3. The molecule has 0 aliphatic rings. The quantitative estimate of drug-likeness (QED) is 0.656. The molecule has 6 nitrogen and oxygen atoms in total. The number of aromatic nitrogens is 4. The molecule has 0 aliphatic heterocycles. The van der Waals surface area contributed by atoms with Gasteiger partial charge in [-0.05, 0) is 18.4 Å². The van der Waals surface area contributed by atoms with Gasteiger partial charge in [-0.25, -0.2) is 4.98 Å². The number of hydrogen-bond acceptors (Lipinski definition) is 5. The summed E-state index contributed by atoms with van der Waals surface area (Å²) in [6, 6.07) is 10.4. The van der Waals surface area contributed by atoms with Crippen LogP contribution in [-0.2, 0) is 13.0 Å². The van der Waals surface area contributed by atoms with Gasteiger partial charge < -0.3 is 15.6 Å². The maximum absolute atomic E-state index is 6.01. The maximum Gasteiger partial charge on any atom is 0.226 e. The molecule has 0 saturated heterocycles. The van der Waals surface area contributed by atoms with E-state index in [1.165, 1.54) is 5.56 Å². The monoisotopic (exact) mass is 310 g/mol. The Morgan fingerprint density at radius 2 is 2.00 bits per heavy atom. The number of nitrogens with one attached hydrogen (secondary N) is 1. The first kappa shape index (κ1) is 15.3. The normalized spacial score (nSPS) is 11.0. The second kappa shape index (κ2) is 7.09. The first-order valence-corrected chi connectivity index (χ1v) is 8.04. The Labute approximate surface area is 135 Å². The minimum atomic E-state index is 0.424. The summed E-state index contributed by atoms with van der Waals surface area (Å²) >= 11 is 0. The van der Waals surface area contributed by atoms with Crippen LogP contribution >= 0.6 is 0 Å². The van der Waals surface area contributed by atoms with Crippen LogP contribution in [0, 0.1) is 0 Å². The van der Waals surface area contributed by atoms with Crippen LogP contribution in [0.5, 0.6) is 0 Å².